The quantitative estimate of drug-likeness (QED) is 0.786. The van der Waals surface area contributed by atoms with Gasteiger partial charge < -0.3 is 5.73 Å². The van der Waals surface area contributed by atoms with Gasteiger partial charge in [-0.05, 0) is 65.6 Å². The number of carbonyl (C=O) groups is 1. The second-order valence-electron chi connectivity index (χ2n) is 7.81. The molecule has 0 spiro atoms. The van der Waals surface area contributed by atoms with Gasteiger partial charge in [-0.25, -0.2) is 0 Å². The van der Waals surface area contributed by atoms with Crippen LogP contribution < -0.4 is 5.73 Å². The molecule has 4 nitrogen and oxygen atoms in total. The van der Waals surface area contributed by atoms with Crippen molar-refractivity contribution in [3.8, 4) is 0 Å². The number of amides is 1. The van der Waals surface area contributed by atoms with Crippen LogP contribution in [0.5, 0.6) is 0 Å². The van der Waals surface area contributed by atoms with Crippen LogP contribution in [0, 0.1) is 0 Å². The van der Waals surface area contributed by atoms with Gasteiger partial charge in [0.25, 0.3) is 0 Å². The van der Waals surface area contributed by atoms with Gasteiger partial charge in [-0.1, -0.05) is 36.8 Å². The SMILES string of the molecule is CC(C)N(CC[C@](C(N)=O)(c1ccccc1)N1CCCCC1)C(C)C. The molecular formula is C21H35N3O. The smallest absolute Gasteiger partial charge is 0.242 e. The number of piperidine rings is 1. The number of carbonyl (C=O) groups excluding carboxylic acids is 1. The first kappa shape index (κ1) is 19.9. The van der Waals surface area contributed by atoms with Crippen LogP contribution in [0.3, 0.4) is 0 Å². The molecule has 1 fully saturated rings. The minimum atomic E-state index is -0.705. The molecule has 2 rings (SSSR count). The van der Waals surface area contributed by atoms with Crippen LogP contribution in [0.1, 0.15) is 58.9 Å². The van der Waals surface area contributed by atoms with E-state index in [4.69, 9.17) is 5.73 Å². The van der Waals surface area contributed by atoms with Crippen molar-refractivity contribution in [1.82, 2.24) is 9.80 Å². The monoisotopic (exact) mass is 345 g/mol. The molecule has 4 heteroatoms. The predicted octanol–water partition coefficient (Wildman–Crippen LogP) is 3.36. The second kappa shape index (κ2) is 8.81. The summed E-state index contributed by atoms with van der Waals surface area (Å²) < 4.78 is 0. The fourth-order valence-electron chi connectivity index (χ4n) is 4.30. The van der Waals surface area contributed by atoms with Gasteiger partial charge in [-0.3, -0.25) is 14.6 Å². The molecule has 0 aromatic heterocycles. The van der Waals surface area contributed by atoms with Crippen molar-refractivity contribution in [3.63, 3.8) is 0 Å². The van der Waals surface area contributed by atoms with Crippen molar-refractivity contribution >= 4 is 5.91 Å². The topological polar surface area (TPSA) is 49.6 Å². The number of rotatable bonds is 8. The molecule has 1 amide bonds. The summed E-state index contributed by atoms with van der Waals surface area (Å²) in [6, 6.07) is 11.0. The third-order valence-electron chi connectivity index (χ3n) is 5.61. The first-order chi connectivity index (χ1) is 11.9. The highest BCUT2D eigenvalue weighted by Crippen LogP contribution is 2.35. The van der Waals surface area contributed by atoms with Crippen molar-refractivity contribution in [2.45, 2.75) is 71.0 Å². The van der Waals surface area contributed by atoms with E-state index in [1.54, 1.807) is 0 Å². The Bertz CT molecular complexity index is 529. The molecule has 0 bridgehead atoms. The average molecular weight is 346 g/mol. The van der Waals surface area contributed by atoms with Gasteiger partial charge >= 0.3 is 0 Å². The number of hydrogen-bond donors (Lipinski definition) is 1. The summed E-state index contributed by atoms with van der Waals surface area (Å²) >= 11 is 0. The van der Waals surface area contributed by atoms with Crippen LogP contribution in [-0.2, 0) is 10.3 Å². The molecule has 1 aliphatic rings. The Labute approximate surface area is 153 Å². The maximum Gasteiger partial charge on any atom is 0.242 e. The first-order valence-corrected chi connectivity index (χ1v) is 9.76. The van der Waals surface area contributed by atoms with Crippen molar-refractivity contribution in [2.75, 3.05) is 19.6 Å². The zero-order chi connectivity index (χ0) is 18.4. The number of nitrogens with two attached hydrogens (primary N) is 1. The molecule has 1 aliphatic heterocycles. The van der Waals surface area contributed by atoms with Crippen LogP contribution >= 0.6 is 0 Å². The molecular weight excluding hydrogens is 310 g/mol. The molecule has 1 saturated heterocycles. The summed E-state index contributed by atoms with van der Waals surface area (Å²) in [6.07, 6.45) is 4.26. The Balaban J connectivity index is 2.38. The summed E-state index contributed by atoms with van der Waals surface area (Å²) in [5, 5.41) is 0. The van der Waals surface area contributed by atoms with Gasteiger partial charge in [0.2, 0.25) is 5.91 Å². The van der Waals surface area contributed by atoms with E-state index in [0.29, 0.717) is 12.1 Å². The van der Waals surface area contributed by atoms with E-state index >= 15 is 0 Å². The highest BCUT2D eigenvalue weighted by molar-refractivity contribution is 5.86. The molecule has 1 aromatic rings. The van der Waals surface area contributed by atoms with E-state index < -0.39 is 5.54 Å². The molecule has 2 N–H and O–H groups in total. The van der Waals surface area contributed by atoms with Gasteiger partial charge in [0, 0.05) is 18.6 Å². The van der Waals surface area contributed by atoms with Crippen LogP contribution in [0.4, 0.5) is 0 Å². The lowest BCUT2D eigenvalue weighted by Gasteiger charge is -2.45. The zero-order valence-corrected chi connectivity index (χ0v) is 16.4. The fourth-order valence-corrected chi connectivity index (χ4v) is 4.30. The molecule has 1 aromatic carbocycles. The molecule has 0 radical (unpaired) electrons. The van der Waals surface area contributed by atoms with E-state index in [1.165, 1.54) is 6.42 Å². The van der Waals surface area contributed by atoms with Gasteiger partial charge in [-0.15, -0.1) is 0 Å². The standard InChI is InChI=1S/C21H35N3O/c1-17(2)24(18(3)4)16-13-21(20(22)25,19-11-7-5-8-12-19)23-14-9-6-10-15-23/h5,7-8,11-12,17-18H,6,9-10,13-16H2,1-4H3,(H2,22,25)/t21-/m1/s1. The molecule has 1 heterocycles. The van der Waals surface area contributed by atoms with Crippen LogP contribution in [0.2, 0.25) is 0 Å². The largest absolute Gasteiger partial charge is 0.368 e. The van der Waals surface area contributed by atoms with E-state index in [-0.39, 0.29) is 5.91 Å². The first-order valence-electron chi connectivity index (χ1n) is 9.76. The molecule has 1 atom stereocenters. The minimum absolute atomic E-state index is 0.215. The zero-order valence-electron chi connectivity index (χ0n) is 16.4. The molecule has 25 heavy (non-hydrogen) atoms. The van der Waals surface area contributed by atoms with E-state index in [0.717, 1.165) is 44.5 Å². The van der Waals surface area contributed by atoms with Crippen molar-refractivity contribution in [3.05, 3.63) is 35.9 Å². The lowest BCUT2D eigenvalue weighted by molar-refractivity contribution is -0.133. The highest BCUT2D eigenvalue weighted by atomic mass is 16.1. The Morgan fingerprint density at radius 2 is 1.64 bits per heavy atom. The maximum absolute atomic E-state index is 12.8. The summed E-state index contributed by atoms with van der Waals surface area (Å²) in [7, 11) is 0. The number of benzene rings is 1. The van der Waals surface area contributed by atoms with Crippen LogP contribution in [0.25, 0.3) is 0 Å². The Morgan fingerprint density at radius 3 is 2.12 bits per heavy atom. The lowest BCUT2D eigenvalue weighted by Crippen LogP contribution is -2.58. The number of primary amides is 1. The van der Waals surface area contributed by atoms with Crippen molar-refractivity contribution in [1.29, 1.82) is 0 Å². The third-order valence-corrected chi connectivity index (χ3v) is 5.61. The molecule has 140 valence electrons. The summed E-state index contributed by atoms with van der Waals surface area (Å²) in [6.45, 7) is 11.6. The van der Waals surface area contributed by atoms with Gasteiger partial charge in [0.1, 0.15) is 5.54 Å². The number of hydrogen-bond acceptors (Lipinski definition) is 3. The van der Waals surface area contributed by atoms with Crippen molar-refractivity contribution < 1.29 is 4.79 Å². The minimum Gasteiger partial charge on any atom is -0.368 e. The Morgan fingerprint density at radius 1 is 1.08 bits per heavy atom. The number of nitrogens with zero attached hydrogens (tertiary/aromatic N) is 2. The predicted molar refractivity (Wildman–Crippen MR) is 104 cm³/mol. The molecule has 0 saturated carbocycles. The number of likely N-dealkylation sites (tertiary alicyclic amines) is 1. The van der Waals surface area contributed by atoms with E-state index in [2.05, 4.69) is 49.6 Å². The molecule has 0 unspecified atom stereocenters. The van der Waals surface area contributed by atoms with E-state index in [9.17, 15) is 4.79 Å². The summed E-state index contributed by atoms with van der Waals surface area (Å²) in [5.41, 5.74) is 6.41. The Kier molecular flexibility index (Phi) is 7.03. The van der Waals surface area contributed by atoms with Crippen LogP contribution in [0.15, 0.2) is 30.3 Å². The highest BCUT2D eigenvalue weighted by Gasteiger charge is 2.44. The third kappa shape index (κ3) is 4.42. The van der Waals surface area contributed by atoms with Crippen LogP contribution in [-0.4, -0.2) is 47.4 Å². The normalized spacial score (nSPS) is 18.7. The van der Waals surface area contributed by atoms with Crippen molar-refractivity contribution in [2.24, 2.45) is 5.73 Å². The lowest BCUT2D eigenvalue weighted by atomic mass is 9.82. The molecule has 0 aliphatic carbocycles. The van der Waals surface area contributed by atoms with E-state index in [1.807, 2.05) is 18.2 Å². The summed E-state index contributed by atoms with van der Waals surface area (Å²) in [4.78, 5) is 17.6. The summed E-state index contributed by atoms with van der Waals surface area (Å²) in [5.74, 6) is -0.215. The fraction of sp³-hybridized carbons (Fsp3) is 0.667. The van der Waals surface area contributed by atoms with Gasteiger partial charge in [-0.2, -0.15) is 0 Å². The van der Waals surface area contributed by atoms with Gasteiger partial charge in [0.05, 0.1) is 0 Å². The second-order valence-corrected chi connectivity index (χ2v) is 7.81. The van der Waals surface area contributed by atoms with Gasteiger partial charge in [0.15, 0.2) is 0 Å². The Hall–Kier alpha value is -1.39. The average Bonchev–Trinajstić information content (AvgIpc) is 2.59. The maximum atomic E-state index is 12.8.